The number of benzene rings is 1. The summed E-state index contributed by atoms with van der Waals surface area (Å²) in [6.45, 7) is 1.88. The molecule has 0 amide bonds. The van der Waals surface area contributed by atoms with E-state index in [1.165, 1.54) is 0 Å². The van der Waals surface area contributed by atoms with E-state index in [-0.39, 0.29) is 12.0 Å². The quantitative estimate of drug-likeness (QED) is 0.842. The van der Waals surface area contributed by atoms with E-state index in [1.807, 2.05) is 31.2 Å². The molecule has 1 heterocycles. The minimum atomic E-state index is -1.06. The lowest BCUT2D eigenvalue weighted by Crippen LogP contribution is -2.09. The number of aromatic amines is 1. The first-order valence-electron chi connectivity index (χ1n) is 5.07. The number of rotatable bonds is 3. The number of aryl methyl sites for hydroxylation is 1. The van der Waals surface area contributed by atoms with Gasteiger partial charge in [0.15, 0.2) is 0 Å². The van der Waals surface area contributed by atoms with Crippen molar-refractivity contribution < 1.29 is 14.4 Å². The predicted octanol–water partition coefficient (Wildman–Crippen LogP) is 1.57. The van der Waals surface area contributed by atoms with Gasteiger partial charge in [-0.25, -0.2) is 9.95 Å². The second-order valence-electron chi connectivity index (χ2n) is 3.73. The van der Waals surface area contributed by atoms with Crippen molar-refractivity contribution in [2.75, 3.05) is 0 Å². The number of H-pyrrole nitrogens is 1. The molecule has 0 bridgehead atoms. The van der Waals surface area contributed by atoms with E-state index in [1.54, 1.807) is 0 Å². The lowest BCUT2D eigenvalue weighted by atomic mass is 10.0. The molecule has 17 heavy (non-hydrogen) atoms. The van der Waals surface area contributed by atoms with Gasteiger partial charge in [0.25, 0.3) is 0 Å². The van der Waals surface area contributed by atoms with E-state index in [2.05, 4.69) is 9.68 Å². The molecule has 0 radical (unpaired) electrons. The van der Waals surface area contributed by atoms with Crippen LogP contribution < -0.4 is 5.63 Å². The van der Waals surface area contributed by atoms with E-state index >= 15 is 0 Å². The Morgan fingerprint density at radius 3 is 2.76 bits per heavy atom. The molecule has 2 N–H and O–H groups in total. The highest BCUT2D eigenvalue weighted by Crippen LogP contribution is 2.23. The first kappa shape index (κ1) is 11.2. The number of carbonyl (C=O) groups is 1. The highest BCUT2D eigenvalue weighted by Gasteiger charge is 2.17. The van der Waals surface area contributed by atoms with Gasteiger partial charge in [-0.3, -0.25) is 4.79 Å². The van der Waals surface area contributed by atoms with Crippen LogP contribution in [-0.2, 0) is 11.2 Å². The van der Waals surface area contributed by atoms with Crippen molar-refractivity contribution in [1.82, 2.24) is 5.16 Å². The van der Waals surface area contributed by atoms with E-state index in [0.29, 0.717) is 5.69 Å². The molecule has 0 atom stereocenters. The Bertz CT molecular complexity index is 609. The summed E-state index contributed by atoms with van der Waals surface area (Å²) in [5.41, 5.74) is 1.67. The summed E-state index contributed by atoms with van der Waals surface area (Å²) in [5, 5.41) is 11.2. The molecule has 0 unspecified atom stereocenters. The maximum atomic E-state index is 11.4. The molecule has 0 aliphatic carbocycles. The second kappa shape index (κ2) is 4.29. The molecule has 5 heteroatoms. The fourth-order valence-electron chi connectivity index (χ4n) is 1.71. The van der Waals surface area contributed by atoms with Crippen LogP contribution in [0.1, 0.15) is 11.1 Å². The second-order valence-corrected chi connectivity index (χ2v) is 3.73. The lowest BCUT2D eigenvalue weighted by Gasteiger charge is -2.03. The molecular formula is C12H11NO4. The molecule has 1 aromatic heterocycles. The number of hydrogen-bond donors (Lipinski definition) is 2. The Morgan fingerprint density at radius 1 is 1.41 bits per heavy atom. The molecule has 2 rings (SSSR count). The van der Waals surface area contributed by atoms with Gasteiger partial charge in [-0.1, -0.05) is 24.3 Å². The number of carboxylic acid groups (broad SMARTS) is 1. The van der Waals surface area contributed by atoms with Gasteiger partial charge in [0.05, 0.1) is 17.7 Å². The molecule has 2 aromatic rings. The van der Waals surface area contributed by atoms with Gasteiger partial charge in [0, 0.05) is 5.56 Å². The number of carboxylic acids is 1. The van der Waals surface area contributed by atoms with Gasteiger partial charge in [0.1, 0.15) is 0 Å². The van der Waals surface area contributed by atoms with Crippen LogP contribution in [0.3, 0.4) is 0 Å². The van der Waals surface area contributed by atoms with Crippen LogP contribution in [0.5, 0.6) is 0 Å². The Balaban J connectivity index is 2.57. The van der Waals surface area contributed by atoms with Gasteiger partial charge in [-0.15, -0.1) is 0 Å². The van der Waals surface area contributed by atoms with Crippen LogP contribution in [0.25, 0.3) is 11.3 Å². The molecule has 88 valence electrons. The minimum absolute atomic E-state index is 0.145. The fourth-order valence-corrected chi connectivity index (χ4v) is 1.71. The van der Waals surface area contributed by atoms with Crippen LogP contribution in [0.15, 0.2) is 33.6 Å². The molecule has 0 fully saturated rings. The smallest absolute Gasteiger partial charge is 0.361 e. The average Bonchev–Trinajstić information content (AvgIpc) is 2.61. The predicted molar refractivity (Wildman–Crippen MR) is 60.8 cm³/mol. The summed E-state index contributed by atoms with van der Waals surface area (Å²) in [7, 11) is 0. The number of aromatic nitrogens is 1. The van der Waals surface area contributed by atoms with Crippen molar-refractivity contribution in [3.63, 3.8) is 0 Å². The van der Waals surface area contributed by atoms with Gasteiger partial charge < -0.3 is 9.63 Å². The first-order valence-corrected chi connectivity index (χ1v) is 5.07. The molecule has 0 saturated heterocycles. The maximum absolute atomic E-state index is 11.4. The van der Waals surface area contributed by atoms with Crippen molar-refractivity contribution >= 4 is 5.97 Å². The Kier molecular flexibility index (Phi) is 2.82. The summed E-state index contributed by atoms with van der Waals surface area (Å²) in [5.74, 6) is -1.06. The number of nitrogens with one attached hydrogen (secondary N) is 1. The Hall–Kier alpha value is -2.30. The van der Waals surface area contributed by atoms with Crippen LogP contribution in [-0.4, -0.2) is 16.2 Å². The minimum Gasteiger partial charge on any atom is -0.481 e. The molecule has 0 aliphatic heterocycles. The number of aliphatic carboxylic acids is 1. The third kappa shape index (κ3) is 2.13. The zero-order chi connectivity index (χ0) is 12.4. The highest BCUT2D eigenvalue weighted by atomic mass is 16.5. The van der Waals surface area contributed by atoms with Crippen molar-refractivity contribution in [2.24, 2.45) is 0 Å². The summed E-state index contributed by atoms with van der Waals surface area (Å²) in [6, 6.07) is 7.37. The SMILES string of the molecule is Cc1ccccc1-c1[nH]oc(=O)c1CC(=O)O. The van der Waals surface area contributed by atoms with Crippen molar-refractivity contribution in [1.29, 1.82) is 0 Å². The topological polar surface area (TPSA) is 83.3 Å². The maximum Gasteiger partial charge on any atom is 0.361 e. The zero-order valence-electron chi connectivity index (χ0n) is 9.19. The van der Waals surface area contributed by atoms with Crippen LogP contribution in [0.2, 0.25) is 0 Å². The van der Waals surface area contributed by atoms with Crippen LogP contribution in [0, 0.1) is 6.92 Å². The first-order chi connectivity index (χ1) is 8.09. The number of hydrogen-bond acceptors (Lipinski definition) is 3. The van der Waals surface area contributed by atoms with E-state index < -0.39 is 11.6 Å². The standard InChI is InChI=1S/C12H11NO4/c1-7-4-2-3-5-8(7)11-9(6-10(14)15)12(16)17-13-11/h2-5,13H,6H2,1H3,(H,14,15). The molecule has 1 aromatic carbocycles. The van der Waals surface area contributed by atoms with Gasteiger partial charge >= 0.3 is 11.6 Å². The van der Waals surface area contributed by atoms with Crippen molar-refractivity contribution in [3.8, 4) is 11.3 Å². The largest absolute Gasteiger partial charge is 0.481 e. The monoisotopic (exact) mass is 233 g/mol. The summed E-state index contributed by atoms with van der Waals surface area (Å²) in [4.78, 5) is 22.1. The zero-order valence-corrected chi connectivity index (χ0v) is 9.19. The van der Waals surface area contributed by atoms with Gasteiger partial charge in [-0.05, 0) is 12.5 Å². The summed E-state index contributed by atoms with van der Waals surface area (Å²) < 4.78 is 4.66. The van der Waals surface area contributed by atoms with Crippen LogP contribution in [0.4, 0.5) is 0 Å². The molecule has 5 nitrogen and oxygen atoms in total. The summed E-state index contributed by atoms with van der Waals surface area (Å²) >= 11 is 0. The molecule has 0 saturated carbocycles. The van der Waals surface area contributed by atoms with Gasteiger partial charge in [0.2, 0.25) is 0 Å². The Morgan fingerprint density at radius 2 is 2.12 bits per heavy atom. The molecular weight excluding hydrogens is 222 g/mol. The highest BCUT2D eigenvalue weighted by molar-refractivity contribution is 5.75. The lowest BCUT2D eigenvalue weighted by molar-refractivity contribution is -0.136. The summed E-state index contributed by atoms with van der Waals surface area (Å²) in [6.07, 6.45) is -0.352. The third-order valence-corrected chi connectivity index (χ3v) is 2.54. The van der Waals surface area contributed by atoms with E-state index in [4.69, 9.17) is 5.11 Å². The third-order valence-electron chi connectivity index (χ3n) is 2.54. The normalized spacial score (nSPS) is 10.4. The Labute approximate surface area is 96.7 Å². The van der Waals surface area contributed by atoms with E-state index in [0.717, 1.165) is 11.1 Å². The fraction of sp³-hybridized carbons (Fsp3) is 0.167. The van der Waals surface area contributed by atoms with Crippen LogP contribution >= 0.6 is 0 Å². The molecule has 0 aliphatic rings. The van der Waals surface area contributed by atoms with E-state index in [9.17, 15) is 9.59 Å². The van der Waals surface area contributed by atoms with Crippen molar-refractivity contribution in [3.05, 3.63) is 45.8 Å². The van der Waals surface area contributed by atoms with Crippen molar-refractivity contribution in [2.45, 2.75) is 13.3 Å². The molecule has 0 spiro atoms. The average molecular weight is 233 g/mol. The van der Waals surface area contributed by atoms with Gasteiger partial charge in [-0.2, -0.15) is 0 Å².